The van der Waals surface area contributed by atoms with Crippen molar-refractivity contribution >= 4 is 15.6 Å². The number of fused-ring (bicyclic) bond motifs is 1. The van der Waals surface area contributed by atoms with E-state index in [1.165, 1.54) is 25.0 Å². The first-order valence-corrected chi connectivity index (χ1v) is 8.43. The second-order valence-electron chi connectivity index (χ2n) is 5.86. The minimum atomic E-state index is -3.38. The van der Waals surface area contributed by atoms with Crippen LogP contribution in [0.3, 0.4) is 0 Å². The van der Waals surface area contributed by atoms with Crippen LogP contribution in [0.2, 0.25) is 0 Å². The highest BCUT2D eigenvalue weighted by Crippen LogP contribution is 2.31. The quantitative estimate of drug-likeness (QED) is 0.852. The summed E-state index contributed by atoms with van der Waals surface area (Å²) in [5.74, 6) is -0.330. The molecule has 0 heterocycles. The van der Waals surface area contributed by atoms with Gasteiger partial charge in [0.15, 0.2) is 15.6 Å². The Hall–Kier alpha value is -1.16. The number of sulfone groups is 1. The number of Topliss-reactive ketones (excluding diaryl/α,β-unsaturated/α-hetero) is 1. The van der Waals surface area contributed by atoms with Gasteiger partial charge in [0.2, 0.25) is 0 Å². The van der Waals surface area contributed by atoms with E-state index < -0.39 is 14.6 Å². The Balaban J connectivity index is 2.25. The minimum absolute atomic E-state index is 0.149. The molecular formula is C15H20O3S. The van der Waals surface area contributed by atoms with Crippen LogP contribution in [0.1, 0.15) is 31.4 Å². The molecule has 4 heteroatoms. The van der Waals surface area contributed by atoms with Crippen LogP contribution in [0.5, 0.6) is 0 Å². The van der Waals surface area contributed by atoms with Gasteiger partial charge >= 0.3 is 0 Å². The normalized spacial score (nSPS) is 19.8. The molecule has 3 nitrogen and oxygen atoms in total. The maximum absolute atomic E-state index is 12.5. The lowest BCUT2D eigenvalue weighted by molar-refractivity contribution is -0.125. The van der Waals surface area contributed by atoms with Crippen molar-refractivity contribution in [2.75, 3.05) is 6.26 Å². The van der Waals surface area contributed by atoms with Crippen LogP contribution in [0.25, 0.3) is 0 Å². The van der Waals surface area contributed by atoms with Gasteiger partial charge in [-0.05, 0) is 44.2 Å². The molecule has 1 aliphatic rings. The van der Waals surface area contributed by atoms with Crippen molar-refractivity contribution < 1.29 is 13.2 Å². The summed E-state index contributed by atoms with van der Waals surface area (Å²) >= 11 is 0. The van der Waals surface area contributed by atoms with Crippen LogP contribution in [0, 0.1) is 5.92 Å². The molecule has 0 aromatic heterocycles. The smallest absolute Gasteiger partial charge is 0.159 e. The Kier molecular flexibility index (Phi) is 3.56. The van der Waals surface area contributed by atoms with E-state index in [9.17, 15) is 13.2 Å². The molecule has 0 fully saturated rings. The Morgan fingerprint density at radius 3 is 2.37 bits per heavy atom. The predicted octanol–water partition coefficient (Wildman–Crippen LogP) is 2.18. The molecule has 0 spiro atoms. The lowest BCUT2D eigenvalue weighted by atomic mass is 9.79. The molecule has 0 aliphatic heterocycles. The fourth-order valence-electron chi connectivity index (χ4n) is 2.60. The number of benzene rings is 1. The maximum atomic E-state index is 12.5. The molecule has 1 aromatic rings. The minimum Gasteiger partial charge on any atom is -0.298 e. The third-order valence-electron chi connectivity index (χ3n) is 4.24. The molecule has 0 saturated carbocycles. The van der Waals surface area contributed by atoms with Crippen molar-refractivity contribution in [3.8, 4) is 0 Å². The monoisotopic (exact) mass is 280 g/mol. The van der Waals surface area contributed by atoms with Crippen molar-refractivity contribution in [1.82, 2.24) is 0 Å². The highest BCUT2D eigenvalue weighted by molar-refractivity contribution is 7.92. The van der Waals surface area contributed by atoms with E-state index in [1.54, 1.807) is 0 Å². The van der Waals surface area contributed by atoms with Crippen LogP contribution in [-0.2, 0) is 27.5 Å². The van der Waals surface area contributed by atoms with Crippen molar-refractivity contribution in [2.45, 2.75) is 37.9 Å². The summed E-state index contributed by atoms with van der Waals surface area (Å²) < 4.78 is 22.2. The maximum Gasteiger partial charge on any atom is 0.159 e. The summed E-state index contributed by atoms with van der Waals surface area (Å²) in [4.78, 5) is 12.5. The van der Waals surface area contributed by atoms with Gasteiger partial charge in [-0.1, -0.05) is 24.3 Å². The van der Waals surface area contributed by atoms with E-state index in [4.69, 9.17) is 0 Å². The van der Waals surface area contributed by atoms with Gasteiger partial charge in [-0.3, -0.25) is 4.79 Å². The largest absolute Gasteiger partial charge is 0.298 e. The van der Waals surface area contributed by atoms with Gasteiger partial charge in [0, 0.05) is 12.2 Å². The number of carbonyl (C=O) groups is 1. The van der Waals surface area contributed by atoms with Crippen molar-refractivity contribution in [3.63, 3.8) is 0 Å². The molecule has 1 unspecified atom stereocenters. The third-order valence-corrected chi connectivity index (χ3v) is 6.29. The number of ketones is 1. The molecule has 104 valence electrons. The first kappa shape index (κ1) is 14.3. The predicted molar refractivity (Wildman–Crippen MR) is 75.9 cm³/mol. The van der Waals surface area contributed by atoms with Crippen LogP contribution >= 0.6 is 0 Å². The van der Waals surface area contributed by atoms with Gasteiger partial charge in [-0.15, -0.1) is 0 Å². The van der Waals surface area contributed by atoms with E-state index in [0.717, 1.165) is 19.1 Å². The zero-order chi connectivity index (χ0) is 14.3. The second-order valence-corrected chi connectivity index (χ2v) is 8.42. The number of hydrogen-bond donors (Lipinski definition) is 0. The highest BCUT2D eigenvalue weighted by Gasteiger charge is 2.42. The van der Waals surface area contributed by atoms with Crippen molar-refractivity contribution in [3.05, 3.63) is 35.4 Å². The summed E-state index contributed by atoms with van der Waals surface area (Å²) in [6.45, 7) is 3.04. The molecular weight excluding hydrogens is 260 g/mol. The summed E-state index contributed by atoms with van der Waals surface area (Å²) in [5, 5.41) is 0. The molecule has 0 N–H and O–H groups in total. The molecule has 0 radical (unpaired) electrons. The summed E-state index contributed by atoms with van der Waals surface area (Å²) in [7, 11) is -3.38. The number of rotatable bonds is 3. The number of hydrogen-bond acceptors (Lipinski definition) is 3. The van der Waals surface area contributed by atoms with Crippen LogP contribution < -0.4 is 0 Å². The highest BCUT2D eigenvalue weighted by atomic mass is 32.2. The summed E-state index contributed by atoms with van der Waals surface area (Å²) in [5.41, 5.74) is 2.46. The molecule has 2 rings (SSSR count). The van der Waals surface area contributed by atoms with Gasteiger partial charge in [0.1, 0.15) is 4.75 Å². The zero-order valence-corrected chi connectivity index (χ0v) is 12.5. The average molecular weight is 280 g/mol. The molecule has 1 atom stereocenters. The SMILES string of the molecule is CC(C)(C(=O)C1CCc2ccccc2C1)S(C)(=O)=O. The van der Waals surface area contributed by atoms with Crippen LogP contribution in [0.4, 0.5) is 0 Å². The first-order chi connectivity index (χ1) is 8.73. The topological polar surface area (TPSA) is 51.2 Å². The van der Waals surface area contributed by atoms with E-state index >= 15 is 0 Å². The molecule has 19 heavy (non-hydrogen) atoms. The lowest BCUT2D eigenvalue weighted by Crippen LogP contribution is -2.45. The standard InChI is InChI=1S/C15H20O3S/c1-15(2,19(3,17)18)14(16)13-9-8-11-6-4-5-7-12(11)10-13/h4-7,13H,8-10H2,1-3H3. The molecule has 0 bridgehead atoms. The summed E-state index contributed by atoms with van der Waals surface area (Å²) in [6.07, 6.45) is 3.40. The third kappa shape index (κ3) is 2.59. The second kappa shape index (κ2) is 4.75. The van der Waals surface area contributed by atoms with Crippen LogP contribution in [0.15, 0.2) is 24.3 Å². The fraction of sp³-hybridized carbons (Fsp3) is 0.533. The average Bonchev–Trinajstić information content (AvgIpc) is 2.36. The van der Waals surface area contributed by atoms with Gasteiger partial charge in [0.25, 0.3) is 0 Å². The Bertz CT molecular complexity index is 600. The zero-order valence-electron chi connectivity index (χ0n) is 11.6. The molecule has 0 amide bonds. The first-order valence-electron chi connectivity index (χ1n) is 6.54. The lowest BCUT2D eigenvalue weighted by Gasteiger charge is -2.30. The van der Waals surface area contributed by atoms with Crippen LogP contribution in [-0.4, -0.2) is 25.2 Å². The Morgan fingerprint density at radius 2 is 1.79 bits per heavy atom. The Labute approximate surface area is 114 Å². The van der Waals surface area contributed by atoms with Crippen molar-refractivity contribution in [2.24, 2.45) is 5.92 Å². The van der Waals surface area contributed by atoms with E-state index in [2.05, 4.69) is 6.07 Å². The van der Waals surface area contributed by atoms with Gasteiger partial charge in [0.05, 0.1) is 0 Å². The summed E-state index contributed by atoms with van der Waals surface area (Å²) in [6, 6.07) is 8.08. The fourth-order valence-corrected chi connectivity index (χ4v) is 3.13. The van der Waals surface area contributed by atoms with Gasteiger partial charge < -0.3 is 0 Å². The van der Waals surface area contributed by atoms with E-state index in [-0.39, 0.29) is 11.7 Å². The van der Waals surface area contributed by atoms with E-state index in [0.29, 0.717) is 6.42 Å². The van der Waals surface area contributed by atoms with Crippen molar-refractivity contribution in [1.29, 1.82) is 0 Å². The Morgan fingerprint density at radius 1 is 1.21 bits per heavy atom. The van der Waals surface area contributed by atoms with Gasteiger partial charge in [-0.2, -0.15) is 0 Å². The van der Waals surface area contributed by atoms with E-state index in [1.807, 2.05) is 18.2 Å². The number of aryl methyl sites for hydroxylation is 1. The molecule has 0 saturated heterocycles. The van der Waals surface area contributed by atoms with Gasteiger partial charge in [-0.25, -0.2) is 8.42 Å². The molecule has 1 aromatic carbocycles. The molecule has 1 aliphatic carbocycles. The number of carbonyl (C=O) groups excluding carboxylic acids is 1.